The van der Waals surface area contributed by atoms with Crippen molar-refractivity contribution < 1.29 is 23.4 Å². The van der Waals surface area contributed by atoms with Crippen LogP contribution in [0.1, 0.15) is 1.43 Å². The van der Waals surface area contributed by atoms with Crippen molar-refractivity contribution in [2.45, 2.75) is 0 Å². The van der Waals surface area contributed by atoms with E-state index in [0.717, 1.165) is 0 Å². The van der Waals surface area contributed by atoms with Gasteiger partial charge in [0.15, 0.2) is 0 Å². The van der Waals surface area contributed by atoms with Crippen LogP contribution in [0.15, 0.2) is 0 Å². The van der Waals surface area contributed by atoms with Gasteiger partial charge in [0, 0.05) is 8.41 Å². The maximum absolute atomic E-state index is 8.26. The van der Waals surface area contributed by atoms with E-state index in [0.29, 0.717) is 22.3 Å². The van der Waals surface area contributed by atoms with E-state index in [2.05, 4.69) is 0 Å². The fourth-order valence-corrected chi connectivity index (χ4v) is 0. The van der Waals surface area contributed by atoms with Gasteiger partial charge >= 0.3 is 44.2 Å². The van der Waals surface area contributed by atoms with Gasteiger partial charge in [-0.25, -0.2) is 0 Å². The summed E-state index contributed by atoms with van der Waals surface area (Å²) in [5.74, 6) is 0. The third kappa shape index (κ3) is 10.5. The minimum absolute atomic E-state index is 0. The van der Waals surface area contributed by atoms with Crippen molar-refractivity contribution in [3.63, 3.8) is 0 Å². The van der Waals surface area contributed by atoms with Crippen LogP contribution >= 0.6 is 0 Å². The van der Waals surface area contributed by atoms with Gasteiger partial charge in [-0.2, -0.15) is 0 Å². The van der Waals surface area contributed by atoms with Gasteiger partial charge in [-0.3, -0.25) is 0 Å². The topological polar surface area (TPSA) is 17.1 Å². The molecule has 0 fully saturated rings. The Bertz CT molecular complexity index is 11.6. The number of hydrogen-bond donors (Lipinski definition) is 0. The van der Waals surface area contributed by atoms with Crippen molar-refractivity contribution in [3.8, 4) is 0 Å². The smallest absolute Gasteiger partial charge is 1.00 e. The molecule has 0 aliphatic rings. The molecule has 4 heteroatoms. The number of rotatable bonds is 0. The maximum atomic E-state index is 8.26. The largest absolute Gasteiger partial charge is 1.00 e. The molecule has 0 saturated heterocycles. The molecule has 0 N–H and O–H groups in total. The molecule has 4 heavy (non-hydrogen) atoms. The zero-order chi connectivity index (χ0) is 2.00. The SMILES string of the molecule is O=[Te].[B].[H-].[Li+]. The molecule has 3 radical (unpaired) electrons. The third-order valence-corrected chi connectivity index (χ3v) is 0. The average molecular weight is 162 g/mol. The van der Waals surface area contributed by atoms with E-state index in [-0.39, 0.29) is 28.7 Å². The van der Waals surface area contributed by atoms with Gasteiger partial charge in [-0.15, -0.1) is 0 Å². The Hall–Kier alpha value is 1.25. The Morgan fingerprint density at radius 1 is 1.50 bits per heavy atom. The monoisotopic (exact) mass is 165 g/mol. The molecular formula is HBLiOTe. The molecule has 0 spiro atoms. The Morgan fingerprint density at radius 3 is 1.50 bits per heavy atom. The second kappa shape index (κ2) is 28.7. The maximum Gasteiger partial charge on any atom is 1.00 e. The van der Waals surface area contributed by atoms with Gasteiger partial charge in [0.2, 0.25) is 0 Å². The van der Waals surface area contributed by atoms with E-state index in [9.17, 15) is 0 Å². The zero-order valence-corrected chi connectivity index (χ0v) is 4.72. The van der Waals surface area contributed by atoms with Crippen molar-refractivity contribution in [3.05, 3.63) is 0 Å². The first-order valence-corrected chi connectivity index (χ1v) is 1.12. The van der Waals surface area contributed by atoms with E-state index in [1.165, 1.54) is 0 Å². The Morgan fingerprint density at radius 2 is 1.50 bits per heavy atom. The molecule has 0 bridgehead atoms. The molecule has 0 aliphatic heterocycles. The zero-order valence-electron chi connectivity index (χ0n) is 3.39. The first-order chi connectivity index (χ1) is 1.00. The first-order valence-electron chi connectivity index (χ1n) is 0.167. The van der Waals surface area contributed by atoms with Crippen LogP contribution < -0.4 is 18.9 Å². The van der Waals surface area contributed by atoms with Crippen molar-refractivity contribution in [2.75, 3.05) is 0 Å². The van der Waals surface area contributed by atoms with Crippen LogP contribution in [0.2, 0.25) is 0 Å². The van der Waals surface area contributed by atoms with E-state index in [1.54, 1.807) is 0 Å². The predicted molar refractivity (Wildman–Crippen MR) is 13.3 cm³/mol. The Balaban J connectivity index is -0.00000000167. The molecule has 0 aromatic rings. The summed E-state index contributed by atoms with van der Waals surface area (Å²) < 4.78 is 8.26. The molecule has 1 nitrogen and oxygen atoms in total. The third-order valence-electron chi connectivity index (χ3n) is 0. The van der Waals surface area contributed by atoms with Crippen LogP contribution in [0, 0.1) is 0 Å². The second-order valence-corrected chi connectivity index (χ2v) is 0. The summed E-state index contributed by atoms with van der Waals surface area (Å²) in [4.78, 5) is 0. The summed E-state index contributed by atoms with van der Waals surface area (Å²) in [6, 6.07) is 0. The molecule has 0 amide bonds. The van der Waals surface area contributed by atoms with E-state index >= 15 is 0 Å². The fraction of sp³-hybridized carbons (Fsp3) is 0. The van der Waals surface area contributed by atoms with Gasteiger partial charge in [-0.05, 0) is 0 Å². The molecule has 0 aliphatic carbocycles. The van der Waals surface area contributed by atoms with Crippen LogP contribution in [0.3, 0.4) is 0 Å². The molecule has 0 atom stereocenters. The molecule has 0 saturated carbocycles. The van der Waals surface area contributed by atoms with Crippen LogP contribution in [0.5, 0.6) is 0 Å². The standard InChI is InChI=1S/B.Li.OTe.H/c;;1-2;/q;+1;;-1. The normalized spacial score (nSPS) is 1.00. The van der Waals surface area contributed by atoms with E-state index in [1.807, 2.05) is 0 Å². The van der Waals surface area contributed by atoms with Gasteiger partial charge in [0.1, 0.15) is 0 Å². The quantitative estimate of drug-likeness (QED) is 0.334. The van der Waals surface area contributed by atoms with E-state index in [4.69, 9.17) is 3.10 Å². The van der Waals surface area contributed by atoms with Crippen molar-refractivity contribution >= 4 is 30.7 Å². The molecule has 17 valence electrons. The predicted octanol–water partition coefficient (Wildman–Crippen LogP) is -3.76. The first kappa shape index (κ1) is 18.7. The summed E-state index contributed by atoms with van der Waals surface area (Å²) >= 11 is 0.700. The molecule has 0 heterocycles. The number of hydrogen-bond acceptors (Lipinski definition) is 1. The van der Waals surface area contributed by atoms with Gasteiger partial charge in [0.05, 0.1) is 0 Å². The van der Waals surface area contributed by atoms with Crippen molar-refractivity contribution in [1.29, 1.82) is 0 Å². The summed E-state index contributed by atoms with van der Waals surface area (Å²) in [6.45, 7) is 0. The van der Waals surface area contributed by atoms with Crippen molar-refractivity contribution in [2.24, 2.45) is 0 Å². The molecule has 0 unspecified atom stereocenters. The molecule has 0 rings (SSSR count). The van der Waals surface area contributed by atoms with Gasteiger partial charge in [0.25, 0.3) is 0 Å². The minimum Gasteiger partial charge on any atom is -1.00 e. The Kier molecular flexibility index (Phi) is 134. The second-order valence-electron chi connectivity index (χ2n) is 0. The van der Waals surface area contributed by atoms with E-state index < -0.39 is 0 Å². The molecule has 0 aromatic carbocycles. The molecular weight excluding hydrogens is 161 g/mol. The van der Waals surface area contributed by atoms with Crippen molar-refractivity contribution in [1.82, 2.24) is 0 Å². The van der Waals surface area contributed by atoms with Gasteiger partial charge < -0.3 is 1.43 Å². The van der Waals surface area contributed by atoms with Crippen LogP contribution in [-0.2, 0) is 3.10 Å². The minimum atomic E-state index is 0. The van der Waals surface area contributed by atoms with Crippen LogP contribution in [-0.4, -0.2) is 30.7 Å². The van der Waals surface area contributed by atoms with Crippen LogP contribution in [0.4, 0.5) is 0 Å². The average Bonchev–Trinajstić information content (AvgIpc) is 1.00. The molecule has 0 aromatic heterocycles. The van der Waals surface area contributed by atoms with Crippen LogP contribution in [0.25, 0.3) is 0 Å². The fourth-order valence-electron chi connectivity index (χ4n) is 0. The summed E-state index contributed by atoms with van der Waals surface area (Å²) in [5, 5.41) is 0. The summed E-state index contributed by atoms with van der Waals surface area (Å²) in [7, 11) is 0. The summed E-state index contributed by atoms with van der Waals surface area (Å²) in [6.07, 6.45) is 0. The summed E-state index contributed by atoms with van der Waals surface area (Å²) in [5.41, 5.74) is 0. The Labute approximate surface area is 54.0 Å². The van der Waals surface area contributed by atoms with Gasteiger partial charge in [-0.1, -0.05) is 0 Å².